The number of ether oxygens (including phenoxy) is 1. The number of pyridine rings is 1. The van der Waals surface area contributed by atoms with Gasteiger partial charge in [0.15, 0.2) is 0 Å². The molecule has 1 atom stereocenters. The van der Waals surface area contributed by atoms with Gasteiger partial charge in [-0.3, -0.25) is 9.78 Å². The minimum Gasteiger partial charge on any atom is -0.381 e. The molecule has 0 aliphatic carbocycles. The van der Waals surface area contributed by atoms with Gasteiger partial charge in [-0.05, 0) is 66.5 Å². The number of benzene rings is 1. The Morgan fingerprint density at radius 2 is 1.90 bits per heavy atom. The smallest absolute Gasteiger partial charge is 0.241 e. The predicted octanol–water partition coefficient (Wildman–Crippen LogP) is 2.36. The molecule has 0 spiro atoms. The van der Waals surface area contributed by atoms with Crippen LogP contribution in [0.15, 0.2) is 41.6 Å². The van der Waals surface area contributed by atoms with Gasteiger partial charge in [0.1, 0.15) is 0 Å². The van der Waals surface area contributed by atoms with E-state index in [9.17, 15) is 13.2 Å². The second-order valence-electron chi connectivity index (χ2n) is 8.22. The third-order valence-electron chi connectivity index (χ3n) is 6.40. The third-order valence-corrected chi connectivity index (χ3v) is 7.82. The number of hydrogen-bond acceptors (Lipinski definition) is 5. The van der Waals surface area contributed by atoms with E-state index in [0.29, 0.717) is 39.0 Å². The molecule has 0 saturated carbocycles. The highest BCUT2D eigenvalue weighted by atomic mass is 32.2. The van der Waals surface area contributed by atoms with Crippen LogP contribution in [-0.2, 0) is 32.4 Å². The van der Waals surface area contributed by atoms with Crippen LogP contribution >= 0.6 is 0 Å². The maximum absolute atomic E-state index is 13.4. The fourth-order valence-electron chi connectivity index (χ4n) is 4.86. The summed E-state index contributed by atoms with van der Waals surface area (Å²) in [5.74, 6) is 0.282. The molecule has 1 unspecified atom stereocenters. The molecule has 1 fully saturated rings. The van der Waals surface area contributed by atoms with Gasteiger partial charge in [0.05, 0.1) is 16.6 Å². The number of hydrogen-bond donors (Lipinski definition) is 1. The Morgan fingerprint density at radius 1 is 1.13 bits per heavy atom. The topological polar surface area (TPSA) is 88.6 Å². The van der Waals surface area contributed by atoms with E-state index in [1.165, 1.54) is 0 Å². The molecule has 158 valence electrons. The number of rotatable bonds is 5. The van der Waals surface area contributed by atoms with Gasteiger partial charge in [-0.1, -0.05) is 6.07 Å². The van der Waals surface area contributed by atoms with Crippen molar-refractivity contribution in [2.75, 3.05) is 24.7 Å². The van der Waals surface area contributed by atoms with Crippen LogP contribution in [0.4, 0.5) is 5.69 Å². The Bertz CT molecular complexity index is 1070. The highest BCUT2D eigenvalue weighted by Crippen LogP contribution is 2.39. The number of sulfonamides is 1. The fourth-order valence-corrected chi connectivity index (χ4v) is 6.26. The zero-order chi connectivity index (χ0) is 20.7. The number of nitrogens with one attached hydrogen (secondary N) is 1. The first-order valence-corrected chi connectivity index (χ1v) is 12.0. The number of aryl methyl sites for hydroxylation is 1. The van der Waals surface area contributed by atoms with Crippen LogP contribution in [0, 0.1) is 5.92 Å². The summed E-state index contributed by atoms with van der Waals surface area (Å²) >= 11 is 0. The van der Waals surface area contributed by atoms with Crippen LogP contribution in [0.3, 0.4) is 0 Å². The zero-order valence-electron chi connectivity index (χ0n) is 16.7. The number of carbonyl (C=O) groups excluding carboxylic acids is 1. The molecule has 3 aliphatic heterocycles. The Balaban J connectivity index is 1.49. The molecule has 5 rings (SSSR count). The lowest BCUT2D eigenvalue weighted by molar-refractivity contribution is -0.118. The van der Waals surface area contributed by atoms with Gasteiger partial charge in [-0.15, -0.1) is 0 Å². The molecule has 1 aromatic carbocycles. The van der Waals surface area contributed by atoms with Gasteiger partial charge in [-0.2, -0.15) is 0 Å². The van der Waals surface area contributed by atoms with E-state index < -0.39 is 10.0 Å². The SMILES string of the molecule is O=C1CCc2cc(S(=O)(=O)NC(c3cccnc3)C3CCOCC3)cc3c2N1CC3. The van der Waals surface area contributed by atoms with E-state index in [2.05, 4.69) is 9.71 Å². The van der Waals surface area contributed by atoms with Gasteiger partial charge in [-0.25, -0.2) is 13.1 Å². The molecule has 3 aliphatic rings. The van der Waals surface area contributed by atoms with Crippen LogP contribution in [-0.4, -0.2) is 39.1 Å². The number of carbonyl (C=O) groups is 1. The Kier molecular flexibility index (Phi) is 5.08. The normalized spacial score (nSPS) is 20.3. The van der Waals surface area contributed by atoms with Crippen molar-refractivity contribution in [2.24, 2.45) is 5.92 Å². The summed E-state index contributed by atoms with van der Waals surface area (Å²) in [5.41, 5.74) is 3.70. The van der Waals surface area contributed by atoms with Crippen molar-refractivity contribution in [3.63, 3.8) is 0 Å². The zero-order valence-corrected chi connectivity index (χ0v) is 17.5. The minimum absolute atomic E-state index is 0.131. The molecular formula is C22H25N3O4S. The van der Waals surface area contributed by atoms with Crippen molar-refractivity contribution < 1.29 is 17.9 Å². The Morgan fingerprint density at radius 3 is 2.63 bits per heavy atom. The quantitative estimate of drug-likeness (QED) is 0.791. The number of aromatic nitrogens is 1. The molecule has 1 N–H and O–H groups in total. The number of amides is 1. The molecule has 4 heterocycles. The first-order valence-electron chi connectivity index (χ1n) is 10.5. The molecule has 2 aromatic rings. The fraction of sp³-hybridized carbons (Fsp3) is 0.455. The molecule has 30 heavy (non-hydrogen) atoms. The second-order valence-corrected chi connectivity index (χ2v) is 9.93. The molecule has 1 amide bonds. The summed E-state index contributed by atoms with van der Waals surface area (Å²) in [5, 5.41) is 0. The van der Waals surface area contributed by atoms with Crippen LogP contribution < -0.4 is 9.62 Å². The maximum Gasteiger partial charge on any atom is 0.241 e. The van der Waals surface area contributed by atoms with Crippen molar-refractivity contribution in [1.82, 2.24) is 9.71 Å². The predicted molar refractivity (Wildman–Crippen MR) is 112 cm³/mol. The van der Waals surface area contributed by atoms with Crippen molar-refractivity contribution in [3.05, 3.63) is 53.3 Å². The standard InChI is InChI=1S/C22H25N3O4S/c26-20-4-3-16-12-19(13-17-5-9-25(20)22(16)17)30(27,28)24-21(15-6-10-29-11-7-15)18-2-1-8-23-14-18/h1-2,8,12-15,21,24H,3-7,9-11H2. The van der Waals surface area contributed by atoms with E-state index in [4.69, 9.17) is 4.74 Å². The summed E-state index contributed by atoms with van der Waals surface area (Å²) in [6, 6.07) is 6.89. The van der Waals surface area contributed by atoms with Crippen molar-refractivity contribution >= 4 is 21.6 Å². The summed E-state index contributed by atoms with van der Waals surface area (Å²) < 4.78 is 35.3. The van der Waals surface area contributed by atoms with Crippen molar-refractivity contribution in [3.8, 4) is 0 Å². The molecule has 0 bridgehead atoms. The van der Waals surface area contributed by atoms with Gasteiger partial charge < -0.3 is 9.64 Å². The summed E-state index contributed by atoms with van der Waals surface area (Å²) in [7, 11) is -3.74. The second kappa shape index (κ2) is 7.76. The van der Waals surface area contributed by atoms with Crippen molar-refractivity contribution in [1.29, 1.82) is 0 Å². The van der Waals surface area contributed by atoms with E-state index in [1.807, 2.05) is 12.1 Å². The summed E-state index contributed by atoms with van der Waals surface area (Å²) in [4.78, 5) is 18.4. The molecule has 1 saturated heterocycles. The van der Waals surface area contributed by atoms with Gasteiger partial charge in [0.2, 0.25) is 15.9 Å². The average Bonchev–Trinajstić information content (AvgIpc) is 3.21. The summed E-state index contributed by atoms with van der Waals surface area (Å²) in [6.45, 7) is 1.91. The van der Waals surface area contributed by atoms with Crippen molar-refractivity contribution in [2.45, 2.75) is 43.0 Å². The van der Waals surface area contributed by atoms with E-state index in [-0.39, 0.29) is 22.8 Å². The molecule has 8 heteroatoms. The maximum atomic E-state index is 13.4. The van der Waals surface area contributed by atoms with E-state index in [1.54, 1.807) is 29.4 Å². The molecule has 1 aromatic heterocycles. The van der Waals surface area contributed by atoms with Gasteiger partial charge in [0.25, 0.3) is 0 Å². The van der Waals surface area contributed by atoms with Gasteiger partial charge in [0, 0.05) is 38.6 Å². The summed E-state index contributed by atoms with van der Waals surface area (Å²) in [6.07, 6.45) is 6.75. The first kappa shape index (κ1) is 19.7. The lowest BCUT2D eigenvalue weighted by atomic mass is 9.88. The van der Waals surface area contributed by atoms with E-state index >= 15 is 0 Å². The van der Waals surface area contributed by atoms with Crippen LogP contribution in [0.5, 0.6) is 0 Å². The number of anilines is 1. The van der Waals surface area contributed by atoms with Crippen LogP contribution in [0.2, 0.25) is 0 Å². The van der Waals surface area contributed by atoms with Crippen LogP contribution in [0.25, 0.3) is 0 Å². The largest absolute Gasteiger partial charge is 0.381 e. The third kappa shape index (κ3) is 3.53. The number of nitrogens with zero attached hydrogens (tertiary/aromatic N) is 2. The lowest BCUT2D eigenvalue weighted by Crippen LogP contribution is -2.36. The van der Waals surface area contributed by atoms with E-state index in [0.717, 1.165) is 35.2 Å². The van der Waals surface area contributed by atoms with Gasteiger partial charge >= 0.3 is 0 Å². The molecular weight excluding hydrogens is 402 g/mol. The Hall–Kier alpha value is -2.29. The lowest BCUT2D eigenvalue weighted by Gasteiger charge is -2.31. The first-order chi connectivity index (χ1) is 14.5. The monoisotopic (exact) mass is 427 g/mol. The molecule has 7 nitrogen and oxygen atoms in total. The Labute approximate surface area is 176 Å². The average molecular weight is 428 g/mol. The minimum atomic E-state index is -3.74. The molecule has 0 radical (unpaired) electrons. The highest BCUT2D eigenvalue weighted by Gasteiger charge is 2.35. The highest BCUT2D eigenvalue weighted by molar-refractivity contribution is 7.89. The van der Waals surface area contributed by atoms with Crippen LogP contribution in [0.1, 0.15) is 42.0 Å².